The van der Waals surface area contributed by atoms with Crippen LogP contribution in [0.25, 0.3) is 11.3 Å². The van der Waals surface area contributed by atoms with Crippen LogP contribution < -0.4 is 10.2 Å². The Kier molecular flexibility index (Phi) is 8.92. The van der Waals surface area contributed by atoms with E-state index in [2.05, 4.69) is 15.2 Å². The molecule has 5 heterocycles. The zero-order valence-electron chi connectivity index (χ0n) is 25.3. The number of nitrogens with zero attached hydrogens (tertiary/aromatic N) is 6. The summed E-state index contributed by atoms with van der Waals surface area (Å²) in [6, 6.07) is 10.6. The van der Waals surface area contributed by atoms with Crippen LogP contribution in [0.3, 0.4) is 0 Å². The van der Waals surface area contributed by atoms with Gasteiger partial charge in [0, 0.05) is 70.0 Å². The van der Waals surface area contributed by atoms with Gasteiger partial charge in [-0.3, -0.25) is 14.8 Å². The number of carbonyl (C=O) groups excluding carboxylic acids is 2. The molecule has 2 aromatic carbocycles. The molecule has 0 spiro atoms. The second kappa shape index (κ2) is 13.3. The first-order valence-electron chi connectivity index (χ1n) is 14.8. The Morgan fingerprint density at radius 3 is 2.62 bits per heavy atom. The number of benzene rings is 2. The van der Waals surface area contributed by atoms with Crippen LogP contribution in [0.15, 0.2) is 75.7 Å². The Bertz CT molecular complexity index is 1960. The molecule has 2 N–H and O–H groups in total. The van der Waals surface area contributed by atoms with Crippen LogP contribution >= 0.6 is 45.9 Å². The standard InChI is InChI=1S/C32H27Cl2N7O5S2/c1-46-30(44)25-23(36-27(28-35-8-11-47-28)38-26(25)21-7-6-19(33)12-22(21)34)15-39-9-10-40-20(13-39)14-41(32(40)45)31-37-24(16-48-31)17-2-4-18(5-3-17)29(42)43/h2-8,11-12,16,20,26H,9-10,13-15H2,1H3,(H,36,38)(H,42,43)/t20-,26?/m0/s1. The topological polar surface area (TPSA) is 141 Å². The van der Waals surface area contributed by atoms with Gasteiger partial charge in [-0.1, -0.05) is 41.4 Å². The fraction of sp³-hybridized carbons (Fsp3) is 0.250. The number of hydrogen-bond donors (Lipinski definition) is 2. The highest BCUT2D eigenvalue weighted by Crippen LogP contribution is 2.38. The molecular weight excluding hydrogens is 697 g/mol. The summed E-state index contributed by atoms with van der Waals surface area (Å²) in [5.74, 6) is -1.01. The summed E-state index contributed by atoms with van der Waals surface area (Å²) in [7, 11) is 1.33. The molecule has 0 aliphatic carbocycles. The Morgan fingerprint density at radius 2 is 1.92 bits per heavy atom. The number of nitrogens with one attached hydrogen (secondary N) is 1. The van der Waals surface area contributed by atoms with Crippen molar-refractivity contribution in [1.82, 2.24) is 25.1 Å². The third-order valence-electron chi connectivity index (χ3n) is 8.39. The van der Waals surface area contributed by atoms with Gasteiger partial charge in [-0.05, 0) is 24.3 Å². The molecule has 0 saturated carbocycles. The lowest BCUT2D eigenvalue weighted by atomic mass is 9.95. The number of aromatic carboxylic acids is 1. The normalized spacial score (nSPS) is 19.6. The van der Waals surface area contributed by atoms with E-state index in [0.717, 1.165) is 5.56 Å². The Labute approximate surface area is 292 Å². The highest BCUT2D eigenvalue weighted by molar-refractivity contribution is 7.14. The number of hydrogen-bond acceptors (Lipinski definition) is 11. The number of fused-ring (bicyclic) bond motifs is 1. The van der Waals surface area contributed by atoms with Crippen molar-refractivity contribution in [2.75, 3.05) is 44.7 Å². The van der Waals surface area contributed by atoms with E-state index in [1.165, 1.54) is 41.9 Å². The molecule has 0 radical (unpaired) electrons. The first-order valence-corrected chi connectivity index (χ1v) is 17.3. The van der Waals surface area contributed by atoms with E-state index in [1.54, 1.807) is 41.4 Å². The van der Waals surface area contributed by atoms with Gasteiger partial charge in [-0.2, -0.15) is 0 Å². The van der Waals surface area contributed by atoms with Gasteiger partial charge in [-0.15, -0.1) is 22.7 Å². The molecule has 2 aromatic heterocycles. The number of carboxylic acid groups (broad SMARTS) is 1. The molecule has 48 heavy (non-hydrogen) atoms. The van der Waals surface area contributed by atoms with Crippen molar-refractivity contribution in [2.24, 2.45) is 4.99 Å². The van der Waals surface area contributed by atoms with E-state index in [0.29, 0.717) is 81.3 Å². The Balaban J connectivity index is 1.13. The van der Waals surface area contributed by atoms with E-state index in [-0.39, 0.29) is 17.6 Å². The summed E-state index contributed by atoms with van der Waals surface area (Å²) in [6.45, 7) is 2.45. The fourth-order valence-corrected chi connectivity index (χ4v) is 8.01. The summed E-state index contributed by atoms with van der Waals surface area (Å²) < 4.78 is 5.25. The number of piperazine rings is 1. The lowest BCUT2D eigenvalue weighted by molar-refractivity contribution is -0.136. The molecule has 3 aliphatic heterocycles. The average molecular weight is 725 g/mol. The minimum absolute atomic E-state index is 0.104. The van der Waals surface area contributed by atoms with Gasteiger partial charge in [0.1, 0.15) is 6.04 Å². The van der Waals surface area contributed by atoms with Crippen molar-refractivity contribution in [3.63, 3.8) is 0 Å². The van der Waals surface area contributed by atoms with Gasteiger partial charge in [-0.25, -0.2) is 24.4 Å². The number of halogens is 2. The minimum atomic E-state index is -0.996. The van der Waals surface area contributed by atoms with Crippen LogP contribution in [0.4, 0.5) is 9.93 Å². The van der Waals surface area contributed by atoms with Crippen molar-refractivity contribution >= 4 is 74.8 Å². The molecule has 0 bridgehead atoms. The minimum Gasteiger partial charge on any atom is -0.478 e. The van der Waals surface area contributed by atoms with Crippen LogP contribution in [-0.2, 0) is 9.53 Å². The number of aliphatic imine (C=N–C) groups is 1. The number of carboxylic acids is 1. The van der Waals surface area contributed by atoms with Crippen molar-refractivity contribution in [3.8, 4) is 11.3 Å². The van der Waals surface area contributed by atoms with E-state index in [1.807, 2.05) is 15.7 Å². The molecule has 3 aliphatic rings. The van der Waals surface area contributed by atoms with Crippen LogP contribution in [-0.4, -0.2) is 94.6 Å². The van der Waals surface area contributed by atoms with Crippen LogP contribution in [0.1, 0.15) is 27.0 Å². The number of urea groups is 1. The van der Waals surface area contributed by atoms with Crippen molar-refractivity contribution in [2.45, 2.75) is 12.1 Å². The maximum atomic E-state index is 13.5. The molecule has 12 nitrogen and oxygen atoms in total. The second-order valence-electron chi connectivity index (χ2n) is 11.3. The van der Waals surface area contributed by atoms with Gasteiger partial charge in [0.05, 0.1) is 36.5 Å². The van der Waals surface area contributed by atoms with E-state index in [9.17, 15) is 19.5 Å². The first kappa shape index (κ1) is 32.2. The number of aromatic nitrogens is 2. The molecule has 2 saturated heterocycles. The maximum Gasteiger partial charge on any atom is 0.338 e. The third-order valence-corrected chi connectivity index (χ3v) is 10.6. The fourth-order valence-electron chi connectivity index (χ4n) is 6.07. The number of anilines is 1. The molecule has 16 heteroatoms. The predicted molar refractivity (Wildman–Crippen MR) is 184 cm³/mol. The summed E-state index contributed by atoms with van der Waals surface area (Å²) >= 11 is 15.6. The number of rotatable bonds is 8. The number of thiazole rings is 2. The highest BCUT2D eigenvalue weighted by Gasteiger charge is 2.43. The molecule has 7 rings (SSSR count). The lowest BCUT2D eigenvalue weighted by Gasteiger charge is -2.38. The van der Waals surface area contributed by atoms with Gasteiger partial charge >= 0.3 is 18.0 Å². The number of ether oxygens (including phenoxy) is 1. The Morgan fingerprint density at radius 1 is 1.10 bits per heavy atom. The summed E-state index contributed by atoms with van der Waals surface area (Å²) in [5, 5.41) is 18.4. The number of carbonyl (C=O) groups is 3. The molecule has 2 fully saturated rings. The van der Waals surface area contributed by atoms with Gasteiger partial charge in [0.15, 0.2) is 16.0 Å². The average Bonchev–Trinajstić information content (AvgIpc) is 3.85. The molecule has 1 unspecified atom stereocenters. The lowest BCUT2D eigenvalue weighted by Crippen LogP contribution is -2.53. The van der Waals surface area contributed by atoms with Crippen molar-refractivity contribution < 1.29 is 24.2 Å². The number of amidine groups is 1. The van der Waals surface area contributed by atoms with E-state index >= 15 is 0 Å². The van der Waals surface area contributed by atoms with Crippen LogP contribution in [0.2, 0.25) is 10.0 Å². The predicted octanol–water partition coefficient (Wildman–Crippen LogP) is 5.42. The largest absolute Gasteiger partial charge is 0.478 e. The summed E-state index contributed by atoms with van der Waals surface area (Å²) in [5.41, 5.74) is 3.19. The van der Waals surface area contributed by atoms with Crippen molar-refractivity contribution in [1.29, 1.82) is 0 Å². The maximum absolute atomic E-state index is 13.5. The number of esters is 1. The van der Waals surface area contributed by atoms with Gasteiger partial charge in [0.2, 0.25) is 0 Å². The van der Waals surface area contributed by atoms with Gasteiger partial charge in [0.25, 0.3) is 0 Å². The monoisotopic (exact) mass is 723 g/mol. The quantitative estimate of drug-likeness (QED) is 0.228. The highest BCUT2D eigenvalue weighted by atomic mass is 35.5. The smallest absolute Gasteiger partial charge is 0.338 e. The van der Waals surface area contributed by atoms with Gasteiger partial charge < -0.3 is 20.1 Å². The summed E-state index contributed by atoms with van der Waals surface area (Å²) in [4.78, 5) is 57.9. The summed E-state index contributed by atoms with van der Waals surface area (Å²) in [6.07, 6.45) is 1.69. The molecule has 4 aromatic rings. The van der Waals surface area contributed by atoms with Crippen LogP contribution in [0, 0.1) is 0 Å². The molecule has 2 atom stereocenters. The van der Waals surface area contributed by atoms with Crippen LogP contribution in [0.5, 0.6) is 0 Å². The number of methoxy groups -OCH3 is 1. The third kappa shape index (κ3) is 6.17. The first-order chi connectivity index (χ1) is 23.2. The molecular formula is C32H27Cl2N7O5S2. The second-order valence-corrected chi connectivity index (χ2v) is 13.8. The van der Waals surface area contributed by atoms with E-state index in [4.69, 9.17) is 37.9 Å². The van der Waals surface area contributed by atoms with Crippen molar-refractivity contribution in [3.05, 3.63) is 96.9 Å². The Hall–Kier alpha value is -4.34. The zero-order chi connectivity index (χ0) is 33.5. The SMILES string of the molecule is COC(=O)C1=C(CN2CCN3C(=O)N(c4nc(-c5ccc(C(=O)O)cc5)cs4)C[C@@H]3C2)NC(c2nccs2)=NC1c1ccc(Cl)cc1Cl. The molecule has 2 amide bonds. The van der Waals surface area contributed by atoms with E-state index < -0.39 is 18.0 Å². The zero-order valence-corrected chi connectivity index (χ0v) is 28.4. The number of amides is 2. The molecule has 246 valence electrons.